The molecule has 2 saturated heterocycles. The van der Waals surface area contributed by atoms with Gasteiger partial charge in [-0.05, 0) is 41.0 Å². The van der Waals surface area contributed by atoms with E-state index in [1.54, 1.807) is 0 Å². The Labute approximate surface area is 369 Å². The first kappa shape index (κ1) is 45.0. The molecule has 3 heterocycles. The van der Waals surface area contributed by atoms with Crippen molar-refractivity contribution in [2.45, 2.75) is 102 Å². The van der Waals surface area contributed by atoms with Gasteiger partial charge >= 0.3 is 23.9 Å². The molecular formula is C47H49N3O12S. The topological polar surface area (TPSA) is 183 Å². The van der Waals surface area contributed by atoms with Crippen LogP contribution in [0.3, 0.4) is 0 Å². The van der Waals surface area contributed by atoms with Crippen LogP contribution in [0.15, 0.2) is 109 Å². The number of hydrogen-bond acceptors (Lipinski definition) is 14. The van der Waals surface area contributed by atoms with E-state index in [2.05, 4.69) is 27.0 Å². The molecule has 0 saturated carbocycles. The predicted octanol–water partition coefficient (Wildman–Crippen LogP) is 6.42. The van der Waals surface area contributed by atoms with Crippen LogP contribution >= 0.6 is 12.2 Å². The molecule has 1 unspecified atom stereocenters. The van der Waals surface area contributed by atoms with Crippen LogP contribution in [-0.2, 0) is 65.5 Å². The lowest BCUT2D eigenvalue weighted by Crippen LogP contribution is -2.62. The monoisotopic (exact) mass is 879 g/mol. The van der Waals surface area contributed by atoms with Crippen LogP contribution in [0.5, 0.6) is 0 Å². The Kier molecular flexibility index (Phi) is 14.6. The standard InChI is InChI=1S/C47H49N3O12S/c1-27(52)56-25-40-45(58-29(3)54)46(59-30(4)55)44(57-28(2)53)38(60-40)22-41(63)49-35-14-10-13-34(21-35)47-61-39(23-50-26-48-36-15-8-9-16-37(36)50)42(32-11-6-5-7-12-32)43(62-47)33-19-17-31(24-51)18-20-33/h5-21,26,38-40,42-47,51H,22-25H2,1-4H3,(H,49,63)/t38-,39+,40+,42+,43-,44-,45+,46+,47?/m0/s1. The third-order valence-corrected chi connectivity index (χ3v) is 11.1. The SMILES string of the molecule is CC(=O)OC[C@H]1O[C@@H](CC(=S)Nc2cccc(C3O[C@H](Cn4cnc5ccccc54)[C@@H](c4ccccc4)[C@H](c4ccc(CO)cc4)O3)c2)[C@H](OC(C)=O)[C@@H](OC(C)=O)[C@@H]1OC(C)=O. The number of carbonyl (C=O) groups is 4. The second-order valence-electron chi connectivity index (χ2n) is 15.4. The van der Waals surface area contributed by atoms with E-state index in [1.807, 2.05) is 97.3 Å². The van der Waals surface area contributed by atoms with Crippen molar-refractivity contribution >= 4 is 57.8 Å². The van der Waals surface area contributed by atoms with Gasteiger partial charge in [-0.2, -0.15) is 0 Å². The summed E-state index contributed by atoms with van der Waals surface area (Å²) < 4.78 is 44.3. The molecule has 2 N–H and O–H groups in total. The Bertz CT molecular complexity index is 2410. The number of benzene rings is 4. The molecule has 2 aliphatic rings. The minimum Gasteiger partial charge on any atom is -0.463 e. The van der Waals surface area contributed by atoms with Crippen LogP contribution in [-0.4, -0.2) is 86.8 Å². The number of esters is 4. The molecule has 1 aromatic heterocycles. The summed E-state index contributed by atoms with van der Waals surface area (Å²) in [6.07, 6.45) is -5.96. The molecule has 15 nitrogen and oxygen atoms in total. The molecule has 0 aliphatic carbocycles. The summed E-state index contributed by atoms with van der Waals surface area (Å²) in [5.41, 5.74) is 5.84. The van der Waals surface area contributed by atoms with E-state index in [4.69, 9.17) is 45.4 Å². The van der Waals surface area contributed by atoms with E-state index in [9.17, 15) is 24.3 Å². The first-order valence-electron chi connectivity index (χ1n) is 20.5. The average Bonchev–Trinajstić information content (AvgIpc) is 3.67. The highest BCUT2D eigenvalue weighted by Crippen LogP contribution is 2.47. The summed E-state index contributed by atoms with van der Waals surface area (Å²) in [5.74, 6) is -3.03. The second-order valence-corrected chi connectivity index (χ2v) is 15.9. The van der Waals surface area contributed by atoms with E-state index in [0.717, 1.165) is 34.6 Å². The Morgan fingerprint density at radius 1 is 0.698 bits per heavy atom. The Balaban J connectivity index is 1.18. The number of hydrogen-bond donors (Lipinski definition) is 2. The van der Waals surface area contributed by atoms with E-state index in [1.165, 1.54) is 20.8 Å². The zero-order valence-corrected chi connectivity index (χ0v) is 36.0. The summed E-state index contributed by atoms with van der Waals surface area (Å²) in [4.78, 5) is 53.7. The number of rotatable bonds is 14. The Morgan fingerprint density at radius 3 is 2.03 bits per heavy atom. The highest BCUT2D eigenvalue weighted by Gasteiger charge is 2.52. The smallest absolute Gasteiger partial charge is 0.303 e. The lowest BCUT2D eigenvalue weighted by Gasteiger charge is -2.44. The van der Waals surface area contributed by atoms with Crippen molar-refractivity contribution in [1.29, 1.82) is 0 Å². The molecular weight excluding hydrogens is 831 g/mol. The normalized spacial score (nSPS) is 24.5. The maximum absolute atomic E-state index is 12.4. The van der Waals surface area contributed by atoms with Crippen LogP contribution in [0.4, 0.5) is 5.69 Å². The number of aliphatic hydroxyl groups is 1. The molecule has 16 heteroatoms. The number of nitrogens with one attached hydrogen (secondary N) is 1. The van der Waals surface area contributed by atoms with Crippen molar-refractivity contribution in [3.63, 3.8) is 0 Å². The quantitative estimate of drug-likeness (QED) is 0.0707. The van der Waals surface area contributed by atoms with Crippen molar-refractivity contribution in [3.05, 3.63) is 132 Å². The fourth-order valence-electron chi connectivity index (χ4n) is 8.15. The summed E-state index contributed by atoms with van der Waals surface area (Å²) in [7, 11) is 0. The lowest BCUT2D eigenvalue weighted by molar-refractivity contribution is -0.263. The average molecular weight is 880 g/mol. The molecule has 9 atom stereocenters. The molecule has 2 aliphatic heterocycles. The highest BCUT2D eigenvalue weighted by atomic mass is 32.1. The molecule has 63 heavy (non-hydrogen) atoms. The summed E-state index contributed by atoms with van der Waals surface area (Å²) in [6.45, 7) is 4.74. The van der Waals surface area contributed by atoms with Crippen molar-refractivity contribution in [2.24, 2.45) is 0 Å². The van der Waals surface area contributed by atoms with Gasteiger partial charge in [0.1, 0.15) is 18.8 Å². The van der Waals surface area contributed by atoms with Crippen molar-refractivity contribution in [2.75, 3.05) is 11.9 Å². The largest absolute Gasteiger partial charge is 0.463 e. The summed E-state index contributed by atoms with van der Waals surface area (Å²) in [5, 5.41) is 13.1. The number of para-hydroxylation sites is 2. The van der Waals surface area contributed by atoms with Gasteiger partial charge in [-0.25, -0.2) is 4.98 Å². The van der Waals surface area contributed by atoms with Gasteiger partial charge in [-0.1, -0.05) is 91.1 Å². The molecule has 2 fully saturated rings. The lowest BCUT2D eigenvalue weighted by atomic mass is 9.83. The molecule has 7 rings (SSSR count). The second kappa shape index (κ2) is 20.4. The van der Waals surface area contributed by atoms with Crippen LogP contribution in [0.1, 0.15) is 74.7 Å². The number of nitrogens with zero attached hydrogens (tertiary/aromatic N) is 2. The van der Waals surface area contributed by atoms with Crippen LogP contribution in [0, 0.1) is 0 Å². The third-order valence-electron chi connectivity index (χ3n) is 10.8. The zero-order chi connectivity index (χ0) is 44.6. The Morgan fingerprint density at radius 2 is 1.35 bits per heavy atom. The van der Waals surface area contributed by atoms with E-state index in [0.29, 0.717) is 17.8 Å². The van der Waals surface area contributed by atoms with Crippen LogP contribution < -0.4 is 5.32 Å². The fraction of sp³-hybridized carbons (Fsp3) is 0.362. The predicted molar refractivity (Wildman–Crippen MR) is 232 cm³/mol. The minimum atomic E-state index is -1.32. The first-order chi connectivity index (χ1) is 30.4. The van der Waals surface area contributed by atoms with Gasteiger partial charge < -0.3 is 48.1 Å². The molecule has 330 valence electrons. The number of aliphatic hydroxyl groups excluding tert-OH is 1. The number of ether oxygens (including phenoxy) is 7. The molecule has 0 spiro atoms. The first-order valence-corrected chi connectivity index (χ1v) is 20.9. The molecule has 4 aromatic carbocycles. The molecule has 0 bridgehead atoms. The van der Waals surface area contributed by atoms with Crippen molar-refractivity contribution in [3.8, 4) is 0 Å². The number of aromatic nitrogens is 2. The van der Waals surface area contributed by atoms with Gasteiger partial charge in [0, 0.05) is 51.3 Å². The fourth-order valence-corrected chi connectivity index (χ4v) is 8.44. The summed E-state index contributed by atoms with van der Waals surface area (Å²) in [6, 6.07) is 33.2. The molecule has 0 amide bonds. The van der Waals surface area contributed by atoms with E-state index >= 15 is 0 Å². The van der Waals surface area contributed by atoms with Crippen LogP contribution in [0.25, 0.3) is 11.0 Å². The number of imidazole rings is 1. The van der Waals surface area contributed by atoms with Gasteiger partial charge in [0.05, 0.1) is 47.7 Å². The molecule has 5 aromatic rings. The van der Waals surface area contributed by atoms with E-state index in [-0.39, 0.29) is 30.5 Å². The highest BCUT2D eigenvalue weighted by molar-refractivity contribution is 7.80. The van der Waals surface area contributed by atoms with Crippen molar-refractivity contribution in [1.82, 2.24) is 9.55 Å². The minimum absolute atomic E-state index is 0.0549. The van der Waals surface area contributed by atoms with Crippen molar-refractivity contribution < 1.29 is 57.4 Å². The van der Waals surface area contributed by atoms with Gasteiger partial charge in [0.2, 0.25) is 0 Å². The molecule has 0 radical (unpaired) electrons. The van der Waals surface area contributed by atoms with E-state index < -0.39 is 72.9 Å². The van der Waals surface area contributed by atoms with Gasteiger partial charge in [0.25, 0.3) is 0 Å². The maximum atomic E-state index is 12.4. The summed E-state index contributed by atoms with van der Waals surface area (Å²) >= 11 is 5.85. The van der Waals surface area contributed by atoms with Crippen LogP contribution in [0.2, 0.25) is 0 Å². The third kappa shape index (κ3) is 11.1. The van der Waals surface area contributed by atoms with Gasteiger partial charge in [0.15, 0.2) is 24.6 Å². The number of fused-ring (bicyclic) bond motifs is 1. The number of anilines is 1. The number of carbonyl (C=O) groups excluding carboxylic acids is 4. The van der Waals surface area contributed by atoms with Gasteiger partial charge in [-0.3, -0.25) is 19.2 Å². The number of thiocarbonyl (C=S) groups is 1. The Hall–Kier alpha value is -6.04. The van der Waals surface area contributed by atoms with Gasteiger partial charge in [-0.15, -0.1) is 0 Å². The maximum Gasteiger partial charge on any atom is 0.303 e. The zero-order valence-electron chi connectivity index (χ0n) is 35.2.